The smallest absolute Gasteiger partial charge is 0.338 e. The van der Waals surface area contributed by atoms with Crippen LogP contribution in [0.3, 0.4) is 0 Å². The number of allylic oxidation sites excluding steroid dienone is 1. The summed E-state index contributed by atoms with van der Waals surface area (Å²) in [5.41, 5.74) is 1.34. The molecule has 1 N–H and O–H groups in total. The topological polar surface area (TPSA) is 75.7 Å². The number of benzene rings is 1. The monoisotopic (exact) mass is 302 g/mol. The zero-order valence-electron chi connectivity index (χ0n) is 12.8. The molecule has 0 saturated carbocycles. The first kappa shape index (κ1) is 15.8. The van der Waals surface area contributed by atoms with Gasteiger partial charge in [0.2, 0.25) is 5.91 Å². The molecule has 1 atom stereocenters. The van der Waals surface area contributed by atoms with E-state index in [2.05, 4.69) is 5.32 Å². The van der Waals surface area contributed by atoms with Gasteiger partial charge in [0.25, 0.3) is 0 Å². The Hall–Kier alpha value is -2.63. The molecule has 0 fully saturated rings. The summed E-state index contributed by atoms with van der Waals surface area (Å²) in [6.07, 6.45) is 0. The molecular formula is C16H18N2O4. The van der Waals surface area contributed by atoms with E-state index in [1.165, 1.54) is 6.92 Å². The summed E-state index contributed by atoms with van der Waals surface area (Å²) >= 11 is 0. The first-order chi connectivity index (χ1) is 10.5. The number of carbonyl (C=O) groups is 3. The molecule has 0 radical (unpaired) electrons. The van der Waals surface area contributed by atoms with Crippen LogP contribution < -0.4 is 5.32 Å². The molecule has 1 aliphatic heterocycles. The second-order valence-electron chi connectivity index (χ2n) is 4.89. The molecule has 2 rings (SSSR count). The number of nitrogens with zero attached hydrogens (tertiary/aromatic N) is 1. The van der Waals surface area contributed by atoms with E-state index in [1.54, 1.807) is 38.1 Å². The molecule has 22 heavy (non-hydrogen) atoms. The van der Waals surface area contributed by atoms with Crippen molar-refractivity contribution in [1.82, 2.24) is 10.2 Å². The summed E-state index contributed by atoms with van der Waals surface area (Å²) in [6, 6.07) is 7.61. The third-order valence-corrected chi connectivity index (χ3v) is 3.40. The number of nitrogens with one attached hydrogen (secondary N) is 1. The van der Waals surface area contributed by atoms with Crippen LogP contribution in [0.1, 0.15) is 32.4 Å². The highest BCUT2D eigenvalue weighted by Gasteiger charge is 2.40. The van der Waals surface area contributed by atoms with Gasteiger partial charge in [0.1, 0.15) is 6.04 Å². The van der Waals surface area contributed by atoms with Gasteiger partial charge in [0.15, 0.2) is 0 Å². The fourth-order valence-corrected chi connectivity index (χ4v) is 2.49. The average Bonchev–Trinajstić information content (AvgIpc) is 2.47. The molecule has 0 aliphatic carbocycles. The number of carbonyl (C=O) groups excluding carboxylic acids is 3. The SMILES string of the molecule is CCOC(=O)C1=C(C)NC(=O)N(C(C)=O)C1c1ccccc1. The largest absolute Gasteiger partial charge is 0.463 e. The lowest BCUT2D eigenvalue weighted by Gasteiger charge is -2.35. The van der Waals surface area contributed by atoms with Crippen molar-refractivity contribution in [2.24, 2.45) is 0 Å². The Balaban J connectivity index is 2.60. The summed E-state index contributed by atoms with van der Waals surface area (Å²) < 4.78 is 5.08. The zero-order valence-corrected chi connectivity index (χ0v) is 12.8. The van der Waals surface area contributed by atoms with Crippen LogP contribution in [0.5, 0.6) is 0 Å². The van der Waals surface area contributed by atoms with Crippen molar-refractivity contribution in [3.63, 3.8) is 0 Å². The van der Waals surface area contributed by atoms with Crippen LogP contribution >= 0.6 is 0 Å². The van der Waals surface area contributed by atoms with E-state index in [1.807, 2.05) is 6.07 Å². The average molecular weight is 302 g/mol. The van der Waals surface area contributed by atoms with Gasteiger partial charge >= 0.3 is 12.0 Å². The molecule has 6 heteroatoms. The minimum Gasteiger partial charge on any atom is -0.463 e. The highest BCUT2D eigenvalue weighted by Crippen LogP contribution is 2.34. The van der Waals surface area contributed by atoms with E-state index in [-0.39, 0.29) is 12.2 Å². The van der Waals surface area contributed by atoms with Gasteiger partial charge in [-0.2, -0.15) is 0 Å². The second kappa shape index (κ2) is 6.43. The summed E-state index contributed by atoms with van der Waals surface area (Å²) in [5, 5.41) is 2.54. The van der Waals surface area contributed by atoms with E-state index in [9.17, 15) is 14.4 Å². The van der Waals surface area contributed by atoms with Crippen molar-refractivity contribution >= 4 is 17.9 Å². The molecule has 0 aromatic heterocycles. The van der Waals surface area contributed by atoms with Gasteiger partial charge in [0.05, 0.1) is 12.2 Å². The number of hydrogen-bond acceptors (Lipinski definition) is 4. The fourth-order valence-electron chi connectivity index (χ4n) is 2.49. The number of rotatable bonds is 3. The number of hydrogen-bond donors (Lipinski definition) is 1. The van der Waals surface area contributed by atoms with Crippen molar-refractivity contribution in [2.45, 2.75) is 26.8 Å². The predicted octanol–water partition coefficient (Wildman–Crippen LogP) is 2.14. The van der Waals surface area contributed by atoms with Crippen molar-refractivity contribution in [3.8, 4) is 0 Å². The Morgan fingerprint density at radius 3 is 2.45 bits per heavy atom. The van der Waals surface area contributed by atoms with Crippen LogP contribution in [0, 0.1) is 0 Å². The molecule has 1 unspecified atom stereocenters. The number of amides is 3. The van der Waals surface area contributed by atoms with Gasteiger partial charge in [-0.3, -0.25) is 9.69 Å². The number of ether oxygens (including phenoxy) is 1. The van der Waals surface area contributed by atoms with Crippen LogP contribution in [0.15, 0.2) is 41.6 Å². The lowest BCUT2D eigenvalue weighted by Crippen LogP contribution is -2.50. The zero-order chi connectivity index (χ0) is 16.3. The molecule has 0 bridgehead atoms. The minimum absolute atomic E-state index is 0.213. The second-order valence-corrected chi connectivity index (χ2v) is 4.89. The van der Waals surface area contributed by atoms with Crippen LogP contribution in [-0.4, -0.2) is 29.4 Å². The van der Waals surface area contributed by atoms with Gasteiger partial charge in [-0.1, -0.05) is 30.3 Å². The summed E-state index contributed by atoms with van der Waals surface area (Å²) in [4.78, 5) is 37.4. The normalized spacial score (nSPS) is 18.0. The maximum atomic E-state index is 12.3. The molecule has 3 amide bonds. The Kier molecular flexibility index (Phi) is 4.60. The third-order valence-electron chi connectivity index (χ3n) is 3.40. The molecule has 1 aromatic carbocycles. The Morgan fingerprint density at radius 1 is 1.27 bits per heavy atom. The molecule has 1 aromatic rings. The lowest BCUT2D eigenvalue weighted by molar-refractivity contribution is -0.139. The summed E-state index contributed by atoms with van der Waals surface area (Å²) in [6.45, 7) is 4.83. The third kappa shape index (κ3) is 2.86. The van der Waals surface area contributed by atoms with Gasteiger partial charge in [-0.15, -0.1) is 0 Å². The van der Waals surface area contributed by atoms with Crippen molar-refractivity contribution in [3.05, 3.63) is 47.2 Å². The molecule has 0 spiro atoms. The maximum absolute atomic E-state index is 12.3. The van der Waals surface area contributed by atoms with Gasteiger partial charge in [0, 0.05) is 12.6 Å². The molecular weight excluding hydrogens is 284 g/mol. The maximum Gasteiger partial charge on any atom is 0.338 e. The quantitative estimate of drug-likeness (QED) is 0.868. The number of imide groups is 1. The number of esters is 1. The van der Waals surface area contributed by atoms with Crippen LogP contribution in [0.25, 0.3) is 0 Å². The van der Waals surface area contributed by atoms with Crippen molar-refractivity contribution in [1.29, 1.82) is 0 Å². The molecule has 0 saturated heterocycles. The first-order valence-corrected chi connectivity index (χ1v) is 7.01. The molecule has 6 nitrogen and oxygen atoms in total. The van der Waals surface area contributed by atoms with Gasteiger partial charge in [-0.05, 0) is 19.4 Å². The first-order valence-electron chi connectivity index (χ1n) is 7.01. The van der Waals surface area contributed by atoms with Crippen LogP contribution in [0.4, 0.5) is 4.79 Å². The van der Waals surface area contributed by atoms with Gasteiger partial charge < -0.3 is 10.1 Å². The van der Waals surface area contributed by atoms with Crippen LogP contribution in [0.2, 0.25) is 0 Å². The van der Waals surface area contributed by atoms with Crippen molar-refractivity contribution < 1.29 is 19.1 Å². The van der Waals surface area contributed by atoms with Crippen LogP contribution in [-0.2, 0) is 14.3 Å². The van der Waals surface area contributed by atoms with Crippen molar-refractivity contribution in [2.75, 3.05) is 6.61 Å². The van der Waals surface area contributed by atoms with Gasteiger partial charge in [-0.25, -0.2) is 9.59 Å². The van der Waals surface area contributed by atoms with E-state index >= 15 is 0 Å². The highest BCUT2D eigenvalue weighted by molar-refractivity contribution is 6.01. The predicted molar refractivity (Wildman–Crippen MR) is 79.6 cm³/mol. The molecule has 116 valence electrons. The fraction of sp³-hybridized carbons (Fsp3) is 0.312. The summed E-state index contributed by atoms with van der Waals surface area (Å²) in [5.74, 6) is -0.985. The Labute approximate surface area is 128 Å². The van der Waals surface area contributed by atoms with E-state index in [4.69, 9.17) is 4.74 Å². The Bertz CT molecular complexity index is 637. The molecule has 1 heterocycles. The lowest BCUT2D eigenvalue weighted by atomic mass is 9.94. The highest BCUT2D eigenvalue weighted by atomic mass is 16.5. The molecule has 1 aliphatic rings. The Morgan fingerprint density at radius 2 is 1.91 bits per heavy atom. The van der Waals surface area contributed by atoms with E-state index in [0.29, 0.717) is 11.3 Å². The minimum atomic E-state index is -0.786. The summed E-state index contributed by atoms with van der Waals surface area (Å²) in [7, 11) is 0. The van der Waals surface area contributed by atoms with E-state index in [0.717, 1.165) is 4.90 Å². The van der Waals surface area contributed by atoms with E-state index < -0.39 is 23.9 Å². The number of urea groups is 1. The standard InChI is InChI=1S/C16H18N2O4/c1-4-22-15(20)13-10(2)17-16(21)18(11(3)19)14(13)12-8-6-5-7-9-12/h5-9,14H,4H2,1-3H3,(H,17,21).